The summed E-state index contributed by atoms with van der Waals surface area (Å²) < 4.78 is 0. The molecule has 0 saturated heterocycles. The lowest BCUT2D eigenvalue weighted by Gasteiger charge is -2.01. The lowest BCUT2D eigenvalue weighted by molar-refractivity contribution is 1.59. The van der Waals surface area contributed by atoms with Crippen molar-refractivity contribution in [2.24, 2.45) is 0 Å². The summed E-state index contributed by atoms with van der Waals surface area (Å²) >= 11 is 0. The van der Waals surface area contributed by atoms with E-state index in [1.165, 1.54) is 0 Å². The summed E-state index contributed by atoms with van der Waals surface area (Å²) in [5, 5.41) is 0. The lowest BCUT2D eigenvalue weighted by atomic mass is 10.1. The molecule has 1 aromatic rings. The van der Waals surface area contributed by atoms with E-state index < -0.39 is 16.1 Å². The number of benzene rings is 1. The van der Waals surface area contributed by atoms with Gasteiger partial charge in [-0.25, -0.2) is 0 Å². The minimum Gasteiger partial charge on any atom is -0.118 e. The fourth-order valence-corrected chi connectivity index (χ4v) is 2.21. The third kappa shape index (κ3) is 8.24. The summed E-state index contributed by atoms with van der Waals surface area (Å²) in [4.78, 5) is 0. The molecule has 0 radical (unpaired) electrons. The molecule has 0 bridgehead atoms. The smallest absolute Gasteiger partial charge is 0.118 e. The molecule has 0 unspecified atom stereocenters. The van der Waals surface area contributed by atoms with Crippen LogP contribution in [0.25, 0.3) is 0 Å². The molecular weight excluding hydrogens is 296 g/mol. The van der Waals surface area contributed by atoms with Gasteiger partial charge < -0.3 is 0 Å². The summed E-state index contributed by atoms with van der Waals surface area (Å²) in [5.41, 5.74) is 8.31. The third-order valence-electron chi connectivity index (χ3n) is 2.32. The van der Waals surface area contributed by atoms with Gasteiger partial charge in [0.2, 0.25) is 0 Å². The molecule has 0 nitrogen and oxygen atoms in total. The average molecular weight is 319 g/mol. The molecule has 0 aliphatic rings. The van der Waals surface area contributed by atoms with Gasteiger partial charge >= 0.3 is 0 Å². The Morgan fingerprint density at radius 3 is 1.27 bits per heavy atom. The van der Waals surface area contributed by atoms with E-state index in [0.717, 1.165) is 11.1 Å². The molecule has 22 heavy (non-hydrogen) atoms. The maximum Gasteiger partial charge on any atom is 0.130 e. The van der Waals surface area contributed by atoms with Crippen molar-refractivity contribution in [1.82, 2.24) is 0 Å². The van der Waals surface area contributed by atoms with Gasteiger partial charge in [0.1, 0.15) is 16.1 Å². The van der Waals surface area contributed by atoms with Crippen LogP contribution in [0.3, 0.4) is 0 Å². The summed E-state index contributed by atoms with van der Waals surface area (Å²) in [7, 11) is -2.72. The molecule has 0 N–H and O–H groups in total. The monoisotopic (exact) mass is 318 g/mol. The van der Waals surface area contributed by atoms with Crippen LogP contribution in [-0.2, 0) is 0 Å². The van der Waals surface area contributed by atoms with E-state index in [0.29, 0.717) is 0 Å². The highest BCUT2D eigenvalue weighted by atomic mass is 28.3. The number of hydrogen-bond acceptors (Lipinski definition) is 0. The molecule has 0 amide bonds. The van der Waals surface area contributed by atoms with Crippen LogP contribution >= 0.6 is 0 Å². The van der Waals surface area contributed by atoms with Crippen LogP contribution in [-0.4, -0.2) is 16.1 Å². The summed E-state index contributed by atoms with van der Waals surface area (Å²) in [6.07, 6.45) is 0. The molecule has 2 heteroatoms. The van der Waals surface area contributed by atoms with E-state index in [4.69, 9.17) is 0 Å². The summed E-state index contributed by atoms with van der Waals surface area (Å²) in [6.45, 7) is 13.2. The van der Waals surface area contributed by atoms with Gasteiger partial charge in [-0.05, 0) is 35.8 Å². The molecule has 0 fully saturated rings. The van der Waals surface area contributed by atoms with Gasteiger partial charge in [-0.1, -0.05) is 63.3 Å². The minimum atomic E-state index is -1.36. The second kappa shape index (κ2) is 7.78. The topological polar surface area (TPSA) is 0 Å². The van der Waals surface area contributed by atoms with Crippen molar-refractivity contribution < 1.29 is 0 Å². The van der Waals surface area contributed by atoms with Crippen LogP contribution < -0.4 is 0 Å². The molecule has 0 aromatic heterocycles. The maximum absolute atomic E-state index is 3.24. The van der Waals surface area contributed by atoms with Crippen molar-refractivity contribution in [2.45, 2.75) is 39.3 Å². The Bertz CT molecular complexity index is 703. The highest BCUT2D eigenvalue weighted by Crippen LogP contribution is 2.05. The molecule has 0 spiro atoms. The molecule has 0 aliphatic carbocycles. The molecule has 110 valence electrons. The molecule has 1 rings (SSSR count). The largest absolute Gasteiger partial charge is 0.130 e. The molecule has 0 saturated carbocycles. The van der Waals surface area contributed by atoms with Gasteiger partial charge in [-0.15, -0.1) is 11.1 Å². The Balaban J connectivity index is 3.01. The molecule has 0 aliphatic heterocycles. The molecule has 0 atom stereocenters. The van der Waals surface area contributed by atoms with Crippen LogP contribution in [0.4, 0.5) is 0 Å². The molecule has 0 heterocycles. The quantitative estimate of drug-likeness (QED) is 0.498. The van der Waals surface area contributed by atoms with Crippen molar-refractivity contribution in [1.29, 1.82) is 0 Å². The first kappa shape index (κ1) is 17.9. The first-order valence-electron chi connectivity index (χ1n) is 7.33. The Morgan fingerprint density at radius 2 is 0.955 bits per heavy atom. The van der Waals surface area contributed by atoms with Crippen molar-refractivity contribution >= 4 is 16.1 Å². The van der Waals surface area contributed by atoms with E-state index in [-0.39, 0.29) is 0 Å². The van der Waals surface area contributed by atoms with Crippen LogP contribution in [0.1, 0.15) is 11.1 Å². The maximum atomic E-state index is 3.24. The lowest BCUT2D eigenvalue weighted by Crippen LogP contribution is -2.16. The van der Waals surface area contributed by atoms with E-state index in [1.54, 1.807) is 0 Å². The van der Waals surface area contributed by atoms with Gasteiger partial charge in [0.15, 0.2) is 0 Å². The molecular formula is C20H22Si2. The standard InChI is InChI=1S/C20H22Si2/c1-21(2,3)17-11-9-15-19-13-7-8-14-20(19)16-10-12-18-22(4,5)6/h7-8,13-14H,1-6H3. The van der Waals surface area contributed by atoms with Crippen LogP contribution in [0, 0.1) is 46.6 Å². The predicted octanol–water partition coefficient (Wildman–Crippen LogP) is 4.15. The van der Waals surface area contributed by atoms with Gasteiger partial charge in [-0.3, -0.25) is 0 Å². The van der Waals surface area contributed by atoms with Crippen LogP contribution in [0.5, 0.6) is 0 Å². The van der Waals surface area contributed by atoms with Gasteiger partial charge in [0.05, 0.1) is 0 Å². The van der Waals surface area contributed by atoms with E-state index >= 15 is 0 Å². The first-order chi connectivity index (χ1) is 10.2. The average Bonchev–Trinajstić information content (AvgIpc) is 2.39. The van der Waals surface area contributed by atoms with Crippen LogP contribution in [0.2, 0.25) is 39.3 Å². The second-order valence-electron chi connectivity index (χ2n) is 7.05. The normalized spacial score (nSPS) is 9.73. The fraction of sp³-hybridized carbons (Fsp3) is 0.300. The number of rotatable bonds is 0. The summed E-state index contributed by atoms with van der Waals surface area (Å²) in [5.74, 6) is 18.0. The Hall–Kier alpha value is -2.11. The minimum absolute atomic E-state index is 0.912. The third-order valence-corrected chi connectivity index (χ3v) is 4.07. The van der Waals surface area contributed by atoms with Gasteiger partial charge in [0, 0.05) is 11.1 Å². The zero-order valence-electron chi connectivity index (χ0n) is 14.3. The van der Waals surface area contributed by atoms with E-state index in [9.17, 15) is 0 Å². The molecule has 1 aromatic carbocycles. The van der Waals surface area contributed by atoms with Crippen molar-refractivity contribution in [3.63, 3.8) is 0 Å². The second-order valence-corrected chi connectivity index (χ2v) is 16.5. The fourth-order valence-electron chi connectivity index (χ4n) is 1.34. The summed E-state index contributed by atoms with van der Waals surface area (Å²) in [6, 6.07) is 7.88. The van der Waals surface area contributed by atoms with Gasteiger partial charge in [-0.2, -0.15) is 0 Å². The van der Waals surface area contributed by atoms with Gasteiger partial charge in [0.25, 0.3) is 0 Å². The highest BCUT2D eigenvalue weighted by molar-refractivity contribution is 6.84. The SMILES string of the molecule is C[Si](C)(C)C#CC#Cc1ccccc1C#CC#C[Si](C)(C)C. The highest BCUT2D eigenvalue weighted by Gasteiger charge is 2.07. The Morgan fingerprint density at radius 1 is 0.591 bits per heavy atom. The Kier molecular flexibility index (Phi) is 6.34. The zero-order chi connectivity index (χ0) is 16.6. The van der Waals surface area contributed by atoms with E-state index in [2.05, 4.69) is 85.9 Å². The Labute approximate surface area is 137 Å². The number of hydrogen-bond donors (Lipinski definition) is 0. The van der Waals surface area contributed by atoms with Crippen LogP contribution in [0.15, 0.2) is 24.3 Å². The first-order valence-corrected chi connectivity index (χ1v) is 14.3. The van der Waals surface area contributed by atoms with Crippen molar-refractivity contribution in [3.05, 3.63) is 35.4 Å². The zero-order valence-corrected chi connectivity index (χ0v) is 16.3. The van der Waals surface area contributed by atoms with Crippen molar-refractivity contribution in [3.8, 4) is 46.6 Å². The predicted molar refractivity (Wildman–Crippen MR) is 102 cm³/mol. The van der Waals surface area contributed by atoms with E-state index in [1.807, 2.05) is 24.3 Å². The van der Waals surface area contributed by atoms with Crippen molar-refractivity contribution in [2.75, 3.05) is 0 Å².